The maximum atomic E-state index is 10.9. The normalized spacial score (nSPS) is 14.2. The lowest BCUT2D eigenvalue weighted by atomic mass is 10.5. The Morgan fingerprint density at radius 3 is 2.38 bits per heavy atom. The summed E-state index contributed by atoms with van der Waals surface area (Å²) >= 11 is 0. The summed E-state index contributed by atoms with van der Waals surface area (Å²) in [6, 6.07) is 1.31. The van der Waals surface area contributed by atoms with Gasteiger partial charge in [0.1, 0.15) is 0 Å². The van der Waals surface area contributed by atoms with Crippen molar-refractivity contribution in [1.29, 1.82) is 0 Å². The van der Waals surface area contributed by atoms with Gasteiger partial charge in [-0.25, -0.2) is 4.57 Å². The van der Waals surface area contributed by atoms with E-state index in [1.807, 2.05) is 0 Å². The molecule has 0 aliphatic heterocycles. The van der Waals surface area contributed by atoms with Crippen molar-refractivity contribution in [3.8, 4) is 0 Å². The van der Waals surface area contributed by atoms with Crippen molar-refractivity contribution in [3.63, 3.8) is 0 Å². The van der Waals surface area contributed by atoms with Gasteiger partial charge in [-0.05, 0) is 6.92 Å². The first-order chi connectivity index (χ1) is 7.10. The number of hydrogen-bond donors (Lipinski definition) is 6. The molecule has 0 bridgehead atoms. The van der Waals surface area contributed by atoms with Gasteiger partial charge < -0.3 is 9.79 Å². The van der Waals surface area contributed by atoms with Gasteiger partial charge in [0.15, 0.2) is 5.82 Å². The molecule has 0 unspecified atom stereocenters. The van der Waals surface area contributed by atoms with Crippen LogP contribution >= 0.6 is 15.5 Å². The molecule has 1 rings (SSSR count). The molecule has 0 amide bonds. The van der Waals surface area contributed by atoms with Crippen LogP contribution in [0.1, 0.15) is 5.69 Å². The molecule has 1 aromatic heterocycles. The standard InChI is InChI=1S/C5H9N3O6P2/c1-3-2-4(8-7-3)6-5(15(9,10)11)16(12,13)14/h2,9-11H,1H3,(H2-,7,8,12,13,14)/p+1. The lowest BCUT2D eigenvalue weighted by Crippen LogP contribution is -2.05. The van der Waals surface area contributed by atoms with Gasteiger partial charge >= 0.3 is 20.7 Å². The van der Waals surface area contributed by atoms with Gasteiger partial charge in [0.05, 0.1) is 0 Å². The summed E-state index contributed by atoms with van der Waals surface area (Å²) in [6.07, 6.45) is 0. The third-order valence-corrected chi connectivity index (χ3v) is 4.28. The van der Waals surface area contributed by atoms with Crippen molar-refractivity contribution in [1.82, 2.24) is 10.2 Å². The van der Waals surface area contributed by atoms with Gasteiger partial charge in [-0.2, -0.15) is 24.8 Å². The van der Waals surface area contributed by atoms with E-state index < -0.39 is 20.7 Å². The fraction of sp³-hybridized carbons (Fsp3) is 0.200. The number of nitrogens with zero attached hydrogens (tertiary/aromatic N) is 2. The molecule has 0 saturated carbocycles. The zero-order valence-electron chi connectivity index (χ0n) is 8.01. The topological polar surface area (TPSA) is 159 Å². The van der Waals surface area contributed by atoms with Crippen LogP contribution < -0.4 is 0 Å². The maximum absolute atomic E-state index is 10.9. The van der Waals surface area contributed by atoms with Crippen molar-refractivity contribution in [2.75, 3.05) is 0 Å². The first kappa shape index (κ1) is 13.4. The summed E-state index contributed by atoms with van der Waals surface area (Å²) in [5.41, 5.74) is 0.557. The second-order valence-electron chi connectivity index (χ2n) is 2.93. The third-order valence-electron chi connectivity index (χ3n) is 1.44. The lowest BCUT2D eigenvalue weighted by Gasteiger charge is -2.06. The van der Waals surface area contributed by atoms with Crippen LogP contribution in [0, 0.1) is 6.92 Å². The van der Waals surface area contributed by atoms with E-state index in [1.54, 1.807) is 6.92 Å². The Bertz CT molecular complexity index is 457. The summed E-state index contributed by atoms with van der Waals surface area (Å²) in [7, 11) is -9.93. The predicted octanol–water partition coefficient (Wildman–Crippen LogP) is -0.377. The number of aliphatic imine (C=N–C) groups is 1. The molecular formula is C5H10N3O6P2+. The highest BCUT2D eigenvalue weighted by molar-refractivity contribution is 8.00. The fourth-order valence-corrected chi connectivity index (χ4v) is 2.74. The van der Waals surface area contributed by atoms with Gasteiger partial charge in [0.2, 0.25) is 0 Å². The SMILES string of the molecule is Cc1cc(N=C(P(=O)(O)O)[P+](O)(O)O)n[nH]1. The molecule has 0 aliphatic rings. The average Bonchev–Trinajstić information content (AvgIpc) is 2.43. The molecule has 1 aromatic rings. The molecule has 0 atom stereocenters. The van der Waals surface area contributed by atoms with Crippen molar-refractivity contribution in [2.24, 2.45) is 4.99 Å². The second kappa shape index (κ2) is 4.31. The minimum Gasteiger partial charge on any atom is -0.317 e. The zero-order chi connectivity index (χ0) is 12.6. The van der Waals surface area contributed by atoms with Gasteiger partial charge in [-0.3, -0.25) is 5.10 Å². The Labute approximate surface area is 90.2 Å². The number of hydrogen-bond acceptors (Lipinski definition) is 6. The average molecular weight is 270 g/mol. The van der Waals surface area contributed by atoms with Crippen LogP contribution in [0.5, 0.6) is 0 Å². The number of H-pyrrole nitrogens is 1. The van der Waals surface area contributed by atoms with E-state index in [0.29, 0.717) is 5.69 Å². The molecule has 0 fully saturated rings. The number of aromatic nitrogens is 2. The summed E-state index contributed by atoms with van der Waals surface area (Å²) < 4.78 is 10.9. The molecule has 16 heavy (non-hydrogen) atoms. The zero-order valence-corrected chi connectivity index (χ0v) is 9.80. The highest BCUT2D eigenvalue weighted by Gasteiger charge is 2.52. The highest BCUT2D eigenvalue weighted by atomic mass is 31.3. The monoisotopic (exact) mass is 270 g/mol. The van der Waals surface area contributed by atoms with Crippen LogP contribution in [0.25, 0.3) is 0 Å². The summed E-state index contributed by atoms with van der Waals surface area (Å²) in [5, 5.41) is 4.56. The van der Waals surface area contributed by atoms with Gasteiger partial charge in [0, 0.05) is 11.8 Å². The molecular weight excluding hydrogens is 260 g/mol. The largest absolute Gasteiger partial charge is 0.469 e. The smallest absolute Gasteiger partial charge is 0.317 e. The van der Waals surface area contributed by atoms with Crippen molar-refractivity contribution in [2.45, 2.75) is 6.92 Å². The van der Waals surface area contributed by atoms with Crippen LogP contribution in [0.2, 0.25) is 0 Å². The molecule has 1 heterocycles. The van der Waals surface area contributed by atoms with E-state index in [0.717, 1.165) is 0 Å². The van der Waals surface area contributed by atoms with E-state index in [1.165, 1.54) is 6.07 Å². The Hall–Kier alpha value is -0.660. The van der Waals surface area contributed by atoms with E-state index in [2.05, 4.69) is 15.2 Å². The first-order valence-electron chi connectivity index (χ1n) is 3.85. The van der Waals surface area contributed by atoms with Crippen LogP contribution in [-0.4, -0.2) is 39.9 Å². The molecule has 11 heteroatoms. The van der Waals surface area contributed by atoms with Crippen molar-refractivity contribution >= 4 is 26.6 Å². The van der Waals surface area contributed by atoms with Crippen LogP contribution in [-0.2, 0) is 4.57 Å². The van der Waals surface area contributed by atoms with Crippen molar-refractivity contribution < 1.29 is 29.0 Å². The molecule has 0 saturated heterocycles. The van der Waals surface area contributed by atoms with E-state index in [4.69, 9.17) is 24.5 Å². The summed E-state index contributed by atoms with van der Waals surface area (Å²) in [5.74, 6) is -0.169. The molecule has 6 N–H and O–H groups in total. The van der Waals surface area contributed by atoms with Crippen LogP contribution in [0.15, 0.2) is 11.1 Å². The summed E-state index contributed by atoms with van der Waals surface area (Å²) in [6.45, 7) is 1.61. The predicted molar refractivity (Wildman–Crippen MR) is 56.0 cm³/mol. The Kier molecular flexibility index (Phi) is 3.61. The second-order valence-corrected chi connectivity index (χ2v) is 6.36. The first-order valence-corrected chi connectivity index (χ1v) is 7.11. The molecule has 0 spiro atoms. The number of aromatic amines is 1. The molecule has 90 valence electrons. The quantitative estimate of drug-likeness (QED) is 0.322. The Balaban J connectivity index is 3.23. The number of nitrogens with one attached hydrogen (secondary N) is 1. The van der Waals surface area contributed by atoms with E-state index in [-0.39, 0.29) is 5.82 Å². The maximum Gasteiger partial charge on any atom is 0.469 e. The summed E-state index contributed by atoms with van der Waals surface area (Å²) in [4.78, 5) is 47.3. The van der Waals surface area contributed by atoms with Gasteiger partial charge in [0.25, 0.3) is 0 Å². The van der Waals surface area contributed by atoms with E-state index in [9.17, 15) is 4.57 Å². The molecule has 0 aliphatic carbocycles. The molecule has 0 radical (unpaired) electrons. The van der Waals surface area contributed by atoms with Crippen LogP contribution in [0.3, 0.4) is 0 Å². The lowest BCUT2D eigenvalue weighted by molar-refractivity contribution is 0.349. The van der Waals surface area contributed by atoms with Gasteiger partial charge in [-0.15, -0.1) is 0 Å². The highest BCUT2D eigenvalue weighted by Crippen LogP contribution is 2.60. The number of rotatable bonds is 3. The minimum atomic E-state index is -5.06. The molecule has 9 nitrogen and oxygen atoms in total. The third kappa shape index (κ3) is 3.43. The number of aryl methyl sites for hydroxylation is 1. The fourth-order valence-electron chi connectivity index (χ4n) is 0.870. The van der Waals surface area contributed by atoms with E-state index >= 15 is 0 Å². The molecule has 0 aromatic carbocycles. The minimum absolute atomic E-state index is 0.169. The van der Waals surface area contributed by atoms with Crippen LogP contribution in [0.4, 0.5) is 5.82 Å². The van der Waals surface area contributed by atoms with Gasteiger partial charge in [-0.1, -0.05) is 0 Å². The Morgan fingerprint density at radius 1 is 1.50 bits per heavy atom. The Morgan fingerprint density at radius 2 is 2.06 bits per heavy atom. The van der Waals surface area contributed by atoms with Crippen molar-refractivity contribution in [3.05, 3.63) is 11.8 Å².